The fourth-order valence-corrected chi connectivity index (χ4v) is 4.38. The molecule has 1 N–H and O–H groups in total. The lowest BCUT2D eigenvalue weighted by Crippen LogP contribution is -2.44. The number of carbonyl (C=O) groups is 3. The van der Waals surface area contributed by atoms with Crippen LogP contribution >= 0.6 is 11.3 Å². The van der Waals surface area contributed by atoms with Crippen molar-refractivity contribution in [1.82, 2.24) is 19.8 Å². The molecule has 2 aliphatic heterocycles. The number of nitrogens with zero attached hydrogens (tertiary/aromatic N) is 4. The molecular formula is C20H21F3N4O4S. The number of likely N-dealkylation sites (tertiary alicyclic amines) is 2. The van der Waals surface area contributed by atoms with Crippen molar-refractivity contribution in [1.29, 1.82) is 0 Å². The largest absolute Gasteiger partial charge is 0.490 e. The van der Waals surface area contributed by atoms with Gasteiger partial charge in [-0.2, -0.15) is 13.2 Å². The highest BCUT2D eigenvalue weighted by Gasteiger charge is 2.43. The highest BCUT2D eigenvalue weighted by molar-refractivity contribution is 7.07. The summed E-state index contributed by atoms with van der Waals surface area (Å²) in [5.74, 6) is -2.67. The molecule has 0 unspecified atom stereocenters. The van der Waals surface area contributed by atoms with Crippen molar-refractivity contribution >= 4 is 29.1 Å². The summed E-state index contributed by atoms with van der Waals surface area (Å²) in [7, 11) is 0. The second-order valence-electron chi connectivity index (χ2n) is 7.69. The lowest BCUT2D eigenvalue weighted by Gasteiger charge is -2.39. The number of pyridine rings is 1. The molecule has 172 valence electrons. The Morgan fingerprint density at radius 3 is 2.19 bits per heavy atom. The van der Waals surface area contributed by atoms with Gasteiger partial charge < -0.3 is 14.9 Å². The van der Waals surface area contributed by atoms with E-state index in [-0.39, 0.29) is 17.2 Å². The maximum absolute atomic E-state index is 12.5. The zero-order valence-electron chi connectivity index (χ0n) is 16.9. The van der Waals surface area contributed by atoms with Crippen molar-refractivity contribution in [3.05, 3.63) is 46.7 Å². The number of carbonyl (C=O) groups excluding carboxylic acids is 2. The number of hydrogen-bond acceptors (Lipinski definition) is 6. The Kier molecular flexibility index (Phi) is 7.12. The van der Waals surface area contributed by atoms with Gasteiger partial charge in [0.2, 0.25) is 0 Å². The summed E-state index contributed by atoms with van der Waals surface area (Å²) in [6.45, 7) is 3.05. The van der Waals surface area contributed by atoms with Gasteiger partial charge >= 0.3 is 12.1 Å². The van der Waals surface area contributed by atoms with Crippen molar-refractivity contribution in [3.8, 4) is 0 Å². The van der Waals surface area contributed by atoms with E-state index in [1.54, 1.807) is 24.0 Å². The highest BCUT2D eigenvalue weighted by Crippen LogP contribution is 2.41. The van der Waals surface area contributed by atoms with E-state index >= 15 is 0 Å². The van der Waals surface area contributed by atoms with E-state index in [4.69, 9.17) is 9.90 Å². The Hall–Kier alpha value is -3.02. The topological polar surface area (TPSA) is 104 Å². The first-order valence-electron chi connectivity index (χ1n) is 9.78. The van der Waals surface area contributed by atoms with E-state index in [0.717, 1.165) is 45.4 Å². The molecule has 4 rings (SSSR count). The fourth-order valence-electron chi connectivity index (χ4n) is 3.85. The molecule has 1 spiro atoms. The number of thiazole rings is 1. The number of carboxylic acid groups (broad SMARTS) is 1. The SMILES string of the molecule is O=C(O)C(F)(F)F.O=C(c1cccnc1)N1CCC2(CC1)CCN(C(=O)c1cscn1)C2. The van der Waals surface area contributed by atoms with E-state index in [9.17, 15) is 22.8 Å². The van der Waals surface area contributed by atoms with Crippen LogP contribution in [0, 0.1) is 5.41 Å². The Labute approximate surface area is 185 Å². The molecular weight excluding hydrogens is 449 g/mol. The van der Waals surface area contributed by atoms with Crippen LogP contribution in [0.1, 0.15) is 40.1 Å². The first-order chi connectivity index (χ1) is 15.1. The van der Waals surface area contributed by atoms with Crippen molar-refractivity contribution < 1.29 is 32.7 Å². The van der Waals surface area contributed by atoms with E-state index < -0.39 is 12.1 Å². The van der Waals surface area contributed by atoms with Crippen LogP contribution in [0.25, 0.3) is 0 Å². The average Bonchev–Trinajstić information content (AvgIpc) is 3.45. The summed E-state index contributed by atoms with van der Waals surface area (Å²) >= 11 is 1.45. The van der Waals surface area contributed by atoms with Crippen molar-refractivity contribution in [2.45, 2.75) is 25.4 Å². The Morgan fingerprint density at radius 1 is 1.06 bits per heavy atom. The zero-order chi connectivity index (χ0) is 23.4. The Balaban J connectivity index is 0.000000360. The van der Waals surface area contributed by atoms with Gasteiger partial charge in [-0.15, -0.1) is 11.3 Å². The van der Waals surface area contributed by atoms with Crippen LogP contribution in [-0.2, 0) is 4.79 Å². The standard InChI is InChI=1S/C18H20N4O2S.C2HF3O2/c23-16(14-2-1-6-19-10-14)21-7-3-18(4-8-21)5-9-22(12-18)17(24)15-11-25-13-20-15;3-2(4,5)1(6)7/h1-2,6,10-11,13H,3-5,7-9,12H2;(H,6,7). The molecule has 0 aliphatic carbocycles. The number of amides is 2. The van der Waals surface area contributed by atoms with Gasteiger partial charge in [-0.1, -0.05) is 0 Å². The van der Waals surface area contributed by atoms with Crippen LogP contribution in [0.4, 0.5) is 13.2 Å². The number of alkyl halides is 3. The number of aromatic nitrogens is 2. The number of hydrogen-bond donors (Lipinski definition) is 1. The minimum Gasteiger partial charge on any atom is -0.475 e. The van der Waals surface area contributed by atoms with Crippen LogP contribution in [0.2, 0.25) is 0 Å². The van der Waals surface area contributed by atoms with Crippen molar-refractivity contribution in [3.63, 3.8) is 0 Å². The molecule has 0 aromatic carbocycles. The summed E-state index contributed by atoms with van der Waals surface area (Å²) in [4.78, 5) is 45.9. The fraction of sp³-hybridized carbons (Fsp3) is 0.450. The molecule has 2 aliphatic rings. The first-order valence-corrected chi connectivity index (χ1v) is 10.7. The van der Waals surface area contributed by atoms with Crippen molar-refractivity contribution in [2.75, 3.05) is 26.2 Å². The minimum atomic E-state index is -5.08. The van der Waals surface area contributed by atoms with Gasteiger partial charge in [0.1, 0.15) is 5.69 Å². The molecule has 2 fully saturated rings. The maximum Gasteiger partial charge on any atom is 0.490 e. The zero-order valence-corrected chi connectivity index (χ0v) is 17.7. The predicted molar refractivity (Wildman–Crippen MR) is 108 cm³/mol. The lowest BCUT2D eigenvalue weighted by molar-refractivity contribution is -0.192. The monoisotopic (exact) mass is 470 g/mol. The van der Waals surface area contributed by atoms with Crippen LogP contribution < -0.4 is 0 Å². The molecule has 0 radical (unpaired) electrons. The smallest absolute Gasteiger partial charge is 0.475 e. The van der Waals surface area contributed by atoms with Gasteiger partial charge in [0.05, 0.1) is 11.1 Å². The molecule has 0 saturated carbocycles. The van der Waals surface area contributed by atoms with E-state index in [1.807, 2.05) is 21.2 Å². The van der Waals surface area contributed by atoms with Gasteiger partial charge in [0.15, 0.2) is 0 Å². The second kappa shape index (κ2) is 9.63. The second-order valence-corrected chi connectivity index (χ2v) is 8.41. The van der Waals surface area contributed by atoms with E-state index in [0.29, 0.717) is 11.3 Å². The van der Waals surface area contributed by atoms with Crippen molar-refractivity contribution in [2.24, 2.45) is 5.41 Å². The third kappa shape index (κ3) is 5.61. The molecule has 32 heavy (non-hydrogen) atoms. The summed E-state index contributed by atoms with van der Waals surface area (Å²) < 4.78 is 31.7. The summed E-state index contributed by atoms with van der Waals surface area (Å²) in [6.07, 6.45) is 1.11. The summed E-state index contributed by atoms with van der Waals surface area (Å²) in [5.41, 5.74) is 3.04. The predicted octanol–water partition coefficient (Wildman–Crippen LogP) is 2.94. The molecule has 0 atom stereocenters. The normalized spacial score (nSPS) is 17.6. The summed E-state index contributed by atoms with van der Waals surface area (Å²) in [5, 5.41) is 8.93. The quantitative estimate of drug-likeness (QED) is 0.724. The number of aliphatic carboxylic acids is 1. The van der Waals surface area contributed by atoms with Crippen LogP contribution in [0.15, 0.2) is 35.4 Å². The van der Waals surface area contributed by atoms with Crippen LogP contribution in [0.5, 0.6) is 0 Å². The number of rotatable bonds is 2. The van der Waals surface area contributed by atoms with Gasteiger partial charge in [0, 0.05) is 44.0 Å². The summed E-state index contributed by atoms with van der Waals surface area (Å²) in [6, 6.07) is 3.60. The molecule has 2 aromatic rings. The molecule has 2 amide bonds. The Bertz CT molecular complexity index is 946. The van der Waals surface area contributed by atoms with Gasteiger partial charge in [-0.05, 0) is 36.8 Å². The first kappa shape index (κ1) is 23.6. The third-order valence-corrected chi connectivity index (χ3v) is 6.23. The molecule has 4 heterocycles. The van der Waals surface area contributed by atoms with Gasteiger partial charge in [-0.25, -0.2) is 9.78 Å². The van der Waals surface area contributed by atoms with E-state index in [1.165, 1.54) is 11.3 Å². The van der Waals surface area contributed by atoms with Crippen LogP contribution in [0.3, 0.4) is 0 Å². The highest BCUT2D eigenvalue weighted by atomic mass is 32.1. The third-order valence-electron chi connectivity index (χ3n) is 5.64. The van der Waals surface area contributed by atoms with Gasteiger partial charge in [0.25, 0.3) is 11.8 Å². The molecule has 8 nitrogen and oxygen atoms in total. The van der Waals surface area contributed by atoms with Gasteiger partial charge in [-0.3, -0.25) is 14.6 Å². The number of carboxylic acids is 1. The lowest BCUT2D eigenvalue weighted by atomic mass is 9.77. The molecule has 12 heteroatoms. The maximum atomic E-state index is 12.5. The number of halogens is 3. The number of piperidine rings is 1. The average molecular weight is 470 g/mol. The molecule has 0 bridgehead atoms. The van der Waals surface area contributed by atoms with Crippen LogP contribution in [-0.4, -0.2) is 75.0 Å². The van der Waals surface area contributed by atoms with E-state index in [2.05, 4.69) is 9.97 Å². The minimum absolute atomic E-state index is 0.0343. The molecule has 2 aromatic heterocycles. The molecule has 2 saturated heterocycles. The Morgan fingerprint density at radius 2 is 1.69 bits per heavy atom.